The molecule has 5 nitrogen and oxygen atoms in total. The van der Waals surface area contributed by atoms with E-state index in [1.807, 2.05) is 37.3 Å². The average molecular weight is 341 g/mol. The number of hydrogen-bond acceptors (Lipinski definition) is 3. The van der Waals surface area contributed by atoms with Gasteiger partial charge in [-0.15, -0.1) is 12.4 Å². The summed E-state index contributed by atoms with van der Waals surface area (Å²) in [5.74, 6) is -0.558. The Hall–Kier alpha value is -1.59. The maximum Gasteiger partial charge on any atom is 0.320 e. The summed E-state index contributed by atoms with van der Waals surface area (Å²) in [5, 5.41) is 14.9. The molecule has 1 aromatic carbocycles. The second-order valence-corrected chi connectivity index (χ2v) is 5.85. The maximum absolute atomic E-state index is 12.1. The summed E-state index contributed by atoms with van der Waals surface area (Å²) in [6.45, 7) is 1.96. The minimum atomic E-state index is -0.906. The van der Waals surface area contributed by atoms with Crippen LogP contribution < -0.4 is 10.6 Å². The van der Waals surface area contributed by atoms with Gasteiger partial charge in [0.15, 0.2) is 0 Å². The molecule has 2 rings (SSSR count). The molecule has 1 fully saturated rings. The lowest BCUT2D eigenvalue weighted by molar-refractivity contribution is -0.139. The smallest absolute Gasteiger partial charge is 0.320 e. The van der Waals surface area contributed by atoms with Crippen LogP contribution in [0.2, 0.25) is 0 Å². The van der Waals surface area contributed by atoms with E-state index in [0.717, 1.165) is 24.8 Å². The molecule has 1 amide bonds. The Morgan fingerprint density at radius 1 is 1.26 bits per heavy atom. The molecule has 2 unspecified atom stereocenters. The van der Waals surface area contributed by atoms with Crippen molar-refractivity contribution in [3.8, 4) is 0 Å². The Kier molecular flexibility index (Phi) is 8.06. The quantitative estimate of drug-likeness (QED) is 0.645. The fourth-order valence-corrected chi connectivity index (χ4v) is 2.61. The van der Waals surface area contributed by atoms with Crippen LogP contribution in [0.3, 0.4) is 0 Å². The molecular weight excluding hydrogens is 316 g/mol. The van der Waals surface area contributed by atoms with Gasteiger partial charge in [-0.1, -0.05) is 43.7 Å². The highest BCUT2D eigenvalue weighted by Gasteiger charge is 2.33. The first kappa shape index (κ1) is 19.5. The van der Waals surface area contributed by atoms with Crippen LogP contribution in [0.5, 0.6) is 0 Å². The number of carboxylic acids is 1. The minimum Gasteiger partial charge on any atom is -0.480 e. The molecular formula is C17H25ClN2O3. The second kappa shape index (κ2) is 9.53. The van der Waals surface area contributed by atoms with Crippen LogP contribution in [-0.4, -0.2) is 29.6 Å². The van der Waals surface area contributed by atoms with Gasteiger partial charge >= 0.3 is 5.97 Å². The lowest BCUT2D eigenvalue weighted by Gasteiger charge is -2.20. The van der Waals surface area contributed by atoms with E-state index in [9.17, 15) is 9.59 Å². The highest BCUT2D eigenvalue weighted by Crippen LogP contribution is 2.40. The Morgan fingerprint density at radius 2 is 1.91 bits per heavy atom. The van der Waals surface area contributed by atoms with E-state index >= 15 is 0 Å². The zero-order valence-corrected chi connectivity index (χ0v) is 14.1. The molecule has 0 aliphatic heterocycles. The zero-order chi connectivity index (χ0) is 15.9. The van der Waals surface area contributed by atoms with Gasteiger partial charge in [-0.3, -0.25) is 14.9 Å². The van der Waals surface area contributed by atoms with Gasteiger partial charge in [0.1, 0.15) is 6.04 Å². The normalized spacial score (nSPS) is 16.0. The predicted molar refractivity (Wildman–Crippen MR) is 91.6 cm³/mol. The lowest BCUT2D eigenvalue weighted by Crippen LogP contribution is -2.44. The van der Waals surface area contributed by atoms with Gasteiger partial charge in [0.05, 0.1) is 12.6 Å². The van der Waals surface area contributed by atoms with Crippen molar-refractivity contribution in [1.29, 1.82) is 0 Å². The third kappa shape index (κ3) is 6.20. The van der Waals surface area contributed by atoms with Gasteiger partial charge in [0, 0.05) is 0 Å². The minimum absolute atomic E-state index is 0. The molecule has 0 saturated heterocycles. The van der Waals surface area contributed by atoms with Crippen LogP contribution in [0.4, 0.5) is 0 Å². The van der Waals surface area contributed by atoms with Crippen molar-refractivity contribution in [1.82, 2.24) is 10.6 Å². The molecule has 128 valence electrons. The highest BCUT2D eigenvalue weighted by atomic mass is 35.5. The molecule has 1 aliphatic rings. The van der Waals surface area contributed by atoms with Crippen LogP contribution in [-0.2, 0) is 9.59 Å². The Morgan fingerprint density at radius 3 is 2.43 bits per heavy atom. The monoisotopic (exact) mass is 340 g/mol. The number of amides is 1. The van der Waals surface area contributed by atoms with Crippen molar-refractivity contribution >= 4 is 24.3 Å². The van der Waals surface area contributed by atoms with Crippen LogP contribution >= 0.6 is 12.4 Å². The average Bonchev–Trinajstić information content (AvgIpc) is 3.34. The van der Waals surface area contributed by atoms with Crippen molar-refractivity contribution in [2.45, 2.75) is 44.7 Å². The summed E-state index contributed by atoms with van der Waals surface area (Å²) in [7, 11) is 0. The van der Waals surface area contributed by atoms with Crippen LogP contribution in [0.1, 0.15) is 44.2 Å². The third-order valence-corrected chi connectivity index (χ3v) is 3.95. The van der Waals surface area contributed by atoms with Crippen LogP contribution in [0.25, 0.3) is 0 Å². The molecule has 0 spiro atoms. The van der Waals surface area contributed by atoms with E-state index in [-0.39, 0.29) is 30.9 Å². The summed E-state index contributed by atoms with van der Waals surface area (Å²) in [4.78, 5) is 23.2. The first-order chi connectivity index (χ1) is 10.6. The first-order valence-electron chi connectivity index (χ1n) is 7.92. The van der Waals surface area contributed by atoms with Gasteiger partial charge in [-0.2, -0.15) is 0 Å². The van der Waals surface area contributed by atoms with E-state index in [4.69, 9.17) is 5.11 Å². The summed E-state index contributed by atoms with van der Waals surface area (Å²) >= 11 is 0. The van der Waals surface area contributed by atoms with Crippen molar-refractivity contribution < 1.29 is 14.7 Å². The van der Waals surface area contributed by atoms with E-state index < -0.39 is 12.0 Å². The number of nitrogens with one attached hydrogen (secondary N) is 2. The number of carboxylic acid groups (broad SMARTS) is 1. The number of carbonyl (C=O) groups is 2. The molecule has 0 bridgehead atoms. The molecule has 1 saturated carbocycles. The fraction of sp³-hybridized carbons (Fsp3) is 0.529. The number of aliphatic carboxylic acids is 1. The molecule has 23 heavy (non-hydrogen) atoms. The number of carbonyl (C=O) groups excluding carboxylic acids is 1. The Labute approximate surface area is 143 Å². The fourth-order valence-electron chi connectivity index (χ4n) is 2.61. The zero-order valence-electron chi connectivity index (χ0n) is 13.3. The number of halogens is 1. The van der Waals surface area contributed by atoms with Gasteiger partial charge in [0.2, 0.25) is 5.91 Å². The van der Waals surface area contributed by atoms with Gasteiger partial charge in [-0.25, -0.2) is 0 Å². The summed E-state index contributed by atoms with van der Waals surface area (Å²) in [5.41, 5.74) is 1.11. The predicted octanol–water partition coefficient (Wildman–Crippen LogP) is 2.52. The first-order valence-corrected chi connectivity index (χ1v) is 7.92. The van der Waals surface area contributed by atoms with E-state index in [2.05, 4.69) is 10.6 Å². The van der Waals surface area contributed by atoms with Gasteiger partial charge in [-0.05, 0) is 30.7 Å². The van der Waals surface area contributed by atoms with Crippen molar-refractivity contribution in [2.24, 2.45) is 5.92 Å². The SMILES string of the molecule is CCCC(NCC(=O)NC(c1ccccc1)C1CC1)C(=O)O.Cl. The molecule has 1 aromatic rings. The topological polar surface area (TPSA) is 78.4 Å². The van der Waals surface area contributed by atoms with Crippen molar-refractivity contribution in [3.05, 3.63) is 35.9 Å². The molecule has 3 N–H and O–H groups in total. The van der Waals surface area contributed by atoms with Crippen molar-refractivity contribution in [3.63, 3.8) is 0 Å². The van der Waals surface area contributed by atoms with E-state index in [1.165, 1.54) is 0 Å². The maximum atomic E-state index is 12.1. The number of hydrogen-bond donors (Lipinski definition) is 3. The molecule has 0 heterocycles. The van der Waals surface area contributed by atoms with Crippen LogP contribution in [0.15, 0.2) is 30.3 Å². The molecule has 0 radical (unpaired) electrons. The molecule has 2 atom stereocenters. The third-order valence-electron chi connectivity index (χ3n) is 3.95. The van der Waals surface area contributed by atoms with Gasteiger partial charge < -0.3 is 10.4 Å². The Balaban J connectivity index is 0.00000264. The van der Waals surface area contributed by atoms with Gasteiger partial charge in [0.25, 0.3) is 0 Å². The Bertz CT molecular complexity index is 506. The number of benzene rings is 1. The summed E-state index contributed by atoms with van der Waals surface area (Å²) < 4.78 is 0. The molecule has 6 heteroatoms. The number of rotatable bonds is 9. The molecule has 0 aromatic heterocycles. The highest BCUT2D eigenvalue weighted by molar-refractivity contribution is 5.85. The van der Waals surface area contributed by atoms with E-state index in [1.54, 1.807) is 0 Å². The summed E-state index contributed by atoms with van der Waals surface area (Å²) in [6, 6.07) is 9.31. The largest absolute Gasteiger partial charge is 0.480 e. The van der Waals surface area contributed by atoms with E-state index in [0.29, 0.717) is 12.3 Å². The standard InChI is InChI=1S/C17H24N2O3.ClH/c1-2-6-14(17(21)22)18-11-15(20)19-16(13-9-10-13)12-7-4-3-5-8-12;/h3-5,7-8,13-14,16,18H,2,6,9-11H2,1H3,(H,19,20)(H,21,22);1H. The van der Waals surface area contributed by atoms with Crippen LogP contribution in [0, 0.1) is 5.92 Å². The second-order valence-electron chi connectivity index (χ2n) is 5.85. The van der Waals surface area contributed by atoms with Crippen molar-refractivity contribution in [2.75, 3.05) is 6.54 Å². The molecule has 1 aliphatic carbocycles. The lowest BCUT2D eigenvalue weighted by atomic mass is 10.0. The summed E-state index contributed by atoms with van der Waals surface area (Å²) in [6.07, 6.45) is 3.54.